The first-order valence-electron chi connectivity index (χ1n) is 9.74. The smallest absolute Gasteiger partial charge is 0.251 e. The van der Waals surface area contributed by atoms with Crippen molar-refractivity contribution in [1.29, 1.82) is 0 Å². The summed E-state index contributed by atoms with van der Waals surface area (Å²) in [6.07, 6.45) is 0.916. The number of hydrogen-bond acceptors (Lipinski definition) is 5. The lowest BCUT2D eigenvalue weighted by molar-refractivity contribution is 0.0952. The average Bonchev–Trinajstić information content (AvgIpc) is 3.27. The molecule has 6 heteroatoms. The number of nitrogens with one attached hydrogen (secondary N) is 1. The van der Waals surface area contributed by atoms with Crippen molar-refractivity contribution in [2.45, 2.75) is 19.1 Å². The zero-order valence-electron chi connectivity index (χ0n) is 16.3. The number of aliphatic imine (C=N–C) groups is 1. The largest absolute Gasteiger partial charge is 0.372 e. The van der Waals surface area contributed by atoms with Gasteiger partial charge in [-0.25, -0.2) is 0 Å². The summed E-state index contributed by atoms with van der Waals surface area (Å²) in [5.41, 5.74) is 3.07. The third-order valence-electron chi connectivity index (χ3n) is 4.56. The Morgan fingerprint density at radius 2 is 1.96 bits per heavy atom. The molecule has 1 N–H and O–H groups in total. The molecule has 1 heterocycles. The summed E-state index contributed by atoms with van der Waals surface area (Å²) in [4.78, 5) is 19.5. The maximum atomic E-state index is 12.7. The van der Waals surface area contributed by atoms with Crippen LogP contribution in [0.1, 0.15) is 29.3 Å². The van der Waals surface area contributed by atoms with E-state index >= 15 is 0 Å². The Morgan fingerprint density at radius 1 is 1.18 bits per heavy atom. The highest BCUT2D eigenvalue weighted by Crippen LogP contribution is 2.26. The highest BCUT2D eigenvalue weighted by Gasteiger charge is 2.13. The SMILES string of the molecule is CCN(CCCNC(=O)c1ccccc1CSC1=NCCS1)c1ccccc1. The number of carbonyl (C=O) groups excluding carboxylic acids is 1. The minimum Gasteiger partial charge on any atom is -0.372 e. The van der Waals surface area contributed by atoms with E-state index in [2.05, 4.69) is 46.4 Å². The topological polar surface area (TPSA) is 44.7 Å². The normalized spacial score (nSPS) is 13.2. The van der Waals surface area contributed by atoms with Crippen molar-refractivity contribution >= 4 is 39.5 Å². The van der Waals surface area contributed by atoms with Gasteiger partial charge in [-0.05, 0) is 37.1 Å². The van der Waals surface area contributed by atoms with E-state index in [0.29, 0.717) is 6.54 Å². The van der Waals surface area contributed by atoms with Crippen LogP contribution in [0, 0.1) is 0 Å². The number of hydrogen-bond donors (Lipinski definition) is 1. The molecular formula is C22H27N3OS2. The Kier molecular flexibility index (Phi) is 8.30. The predicted molar refractivity (Wildman–Crippen MR) is 124 cm³/mol. The van der Waals surface area contributed by atoms with E-state index in [1.165, 1.54) is 5.69 Å². The lowest BCUT2D eigenvalue weighted by Crippen LogP contribution is -2.30. The van der Waals surface area contributed by atoms with E-state index in [0.717, 1.165) is 53.1 Å². The van der Waals surface area contributed by atoms with Gasteiger partial charge in [-0.3, -0.25) is 9.79 Å². The molecule has 0 saturated carbocycles. The molecule has 4 nitrogen and oxygen atoms in total. The summed E-state index contributed by atoms with van der Waals surface area (Å²) >= 11 is 3.53. The van der Waals surface area contributed by atoms with E-state index in [-0.39, 0.29) is 5.91 Å². The van der Waals surface area contributed by atoms with Gasteiger partial charge in [0, 0.05) is 42.4 Å². The maximum Gasteiger partial charge on any atom is 0.251 e. The van der Waals surface area contributed by atoms with Crippen LogP contribution in [-0.2, 0) is 5.75 Å². The molecule has 0 spiro atoms. The molecule has 3 rings (SSSR count). The molecule has 1 aliphatic rings. The molecule has 0 aliphatic carbocycles. The molecule has 2 aromatic rings. The summed E-state index contributed by atoms with van der Waals surface area (Å²) in [6.45, 7) is 5.63. The van der Waals surface area contributed by atoms with Crippen LogP contribution >= 0.6 is 23.5 Å². The number of para-hydroxylation sites is 1. The van der Waals surface area contributed by atoms with E-state index in [1.807, 2.05) is 30.3 Å². The standard InChI is InChI=1S/C22H27N3OS2/c1-2-25(19-10-4-3-5-11-19)15-8-13-23-21(26)20-12-7-6-9-18(20)17-28-22-24-14-16-27-22/h3-7,9-12H,2,8,13-17H2,1H3,(H,23,26). The molecule has 0 fully saturated rings. The van der Waals surface area contributed by atoms with Gasteiger partial charge < -0.3 is 10.2 Å². The van der Waals surface area contributed by atoms with Crippen LogP contribution in [0.15, 0.2) is 59.6 Å². The van der Waals surface area contributed by atoms with Crippen molar-refractivity contribution in [1.82, 2.24) is 5.32 Å². The highest BCUT2D eigenvalue weighted by molar-refractivity contribution is 8.38. The Balaban J connectivity index is 1.48. The van der Waals surface area contributed by atoms with Crippen LogP contribution in [0.4, 0.5) is 5.69 Å². The van der Waals surface area contributed by atoms with Crippen LogP contribution in [0.25, 0.3) is 0 Å². The minimum absolute atomic E-state index is 0.0139. The Hall–Kier alpha value is -1.92. The van der Waals surface area contributed by atoms with Crippen molar-refractivity contribution in [2.75, 3.05) is 36.8 Å². The Morgan fingerprint density at radius 3 is 2.71 bits per heavy atom. The summed E-state index contributed by atoms with van der Waals surface area (Å²) in [5, 5.41) is 3.09. The first kappa shape index (κ1) is 20.8. The summed E-state index contributed by atoms with van der Waals surface area (Å²) in [6, 6.07) is 18.3. The van der Waals surface area contributed by atoms with Gasteiger partial charge in [0.2, 0.25) is 0 Å². The van der Waals surface area contributed by atoms with E-state index < -0.39 is 0 Å². The van der Waals surface area contributed by atoms with Gasteiger partial charge >= 0.3 is 0 Å². The molecule has 0 saturated heterocycles. The summed E-state index contributed by atoms with van der Waals surface area (Å²) in [7, 11) is 0. The second-order valence-corrected chi connectivity index (χ2v) is 8.77. The van der Waals surface area contributed by atoms with Crippen molar-refractivity contribution in [3.8, 4) is 0 Å². The zero-order valence-corrected chi connectivity index (χ0v) is 17.9. The molecule has 28 heavy (non-hydrogen) atoms. The number of amides is 1. The first-order chi connectivity index (χ1) is 13.8. The van der Waals surface area contributed by atoms with E-state index in [1.54, 1.807) is 23.5 Å². The van der Waals surface area contributed by atoms with Gasteiger partial charge in [0.25, 0.3) is 5.91 Å². The molecule has 0 aromatic heterocycles. The number of nitrogens with zero attached hydrogens (tertiary/aromatic N) is 2. The zero-order chi connectivity index (χ0) is 19.6. The highest BCUT2D eigenvalue weighted by atomic mass is 32.2. The molecule has 0 unspecified atom stereocenters. The van der Waals surface area contributed by atoms with Crippen molar-refractivity contribution < 1.29 is 4.79 Å². The molecule has 1 amide bonds. The van der Waals surface area contributed by atoms with Gasteiger partial charge in [0.15, 0.2) is 0 Å². The fraction of sp³-hybridized carbons (Fsp3) is 0.364. The number of carbonyl (C=O) groups is 1. The molecular weight excluding hydrogens is 386 g/mol. The van der Waals surface area contributed by atoms with Crippen LogP contribution < -0.4 is 10.2 Å². The number of thioether (sulfide) groups is 2. The Labute approximate surface area is 176 Å². The fourth-order valence-corrected chi connectivity index (χ4v) is 5.10. The van der Waals surface area contributed by atoms with Gasteiger partial charge in [-0.2, -0.15) is 0 Å². The van der Waals surface area contributed by atoms with E-state index in [4.69, 9.17) is 0 Å². The number of benzene rings is 2. The van der Waals surface area contributed by atoms with Crippen molar-refractivity contribution in [2.24, 2.45) is 4.99 Å². The van der Waals surface area contributed by atoms with E-state index in [9.17, 15) is 4.79 Å². The first-order valence-corrected chi connectivity index (χ1v) is 11.7. The van der Waals surface area contributed by atoms with Gasteiger partial charge in [-0.15, -0.1) is 0 Å². The van der Waals surface area contributed by atoms with Crippen molar-refractivity contribution in [3.63, 3.8) is 0 Å². The third kappa shape index (κ3) is 6.04. The lowest BCUT2D eigenvalue weighted by Gasteiger charge is -2.23. The van der Waals surface area contributed by atoms with Crippen LogP contribution in [0.3, 0.4) is 0 Å². The minimum atomic E-state index is 0.0139. The molecule has 1 aliphatic heterocycles. The molecule has 148 valence electrons. The molecule has 0 atom stereocenters. The predicted octanol–water partition coefficient (Wildman–Crippen LogP) is 4.67. The van der Waals surface area contributed by atoms with Crippen LogP contribution in [0.2, 0.25) is 0 Å². The molecule has 0 bridgehead atoms. The second-order valence-electron chi connectivity index (χ2n) is 6.47. The third-order valence-corrected chi connectivity index (χ3v) is 6.87. The average molecular weight is 414 g/mol. The van der Waals surface area contributed by atoms with Gasteiger partial charge in [-0.1, -0.05) is 59.9 Å². The summed E-state index contributed by atoms with van der Waals surface area (Å²) in [5.74, 6) is 1.87. The van der Waals surface area contributed by atoms with Crippen molar-refractivity contribution in [3.05, 3.63) is 65.7 Å². The maximum absolute atomic E-state index is 12.7. The quantitative estimate of drug-likeness (QED) is 0.607. The number of rotatable bonds is 9. The van der Waals surface area contributed by atoms with Crippen LogP contribution in [0.5, 0.6) is 0 Å². The van der Waals surface area contributed by atoms with Gasteiger partial charge in [0.05, 0.1) is 6.54 Å². The molecule has 0 radical (unpaired) electrons. The fourth-order valence-electron chi connectivity index (χ4n) is 3.09. The monoisotopic (exact) mass is 413 g/mol. The summed E-state index contributed by atoms with van der Waals surface area (Å²) < 4.78 is 1.13. The van der Waals surface area contributed by atoms with Gasteiger partial charge in [0.1, 0.15) is 4.38 Å². The van der Waals surface area contributed by atoms with Crippen LogP contribution in [-0.4, -0.2) is 42.2 Å². The lowest BCUT2D eigenvalue weighted by atomic mass is 10.1. The molecule has 2 aromatic carbocycles. The second kappa shape index (κ2) is 11.2. The number of anilines is 1. The Bertz CT molecular complexity index is 795.